The number of aryl methyl sites for hydroxylation is 2. The lowest BCUT2D eigenvalue weighted by atomic mass is 9.78. The van der Waals surface area contributed by atoms with E-state index in [1.165, 1.54) is 0 Å². The molecule has 0 saturated heterocycles. The molecule has 118 valence electrons. The minimum absolute atomic E-state index is 0.0540. The normalized spacial score (nSPS) is 23.3. The Morgan fingerprint density at radius 1 is 1.43 bits per heavy atom. The number of alkyl halides is 3. The molecule has 1 aliphatic carbocycles. The van der Waals surface area contributed by atoms with E-state index in [0.717, 1.165) is 11.4 Å². The molecule has 0 aliphatic heterocycles. The van der Waals surface area contributed by atoms with Gasteiger partial charge >= 0.3 is 6.18 Å². The average molecular weight is 302 g/mol. The van der Waals surface area contributed by atoms with Crippen LogP contribution in [-0.2, 0) is 17.8 Å². The van der Waals surface area contributed by atoms with Gasteiger partial charge in [-0.1, -0.05) is 6.42 Å². The van der Waals surface area contributed by atoms with Crippen LogP contribution in [0.15, 0.2) is 6.07 Å². The Kier molecular flexibility index (Phi) is 4.74. The van der Waals surface area contributed by atoms with Gasteiger partial charge in [0.2, 0.25) is 0 Å². The fourth-order valence-electron chi connectivity index (χ4n) is 3.12. The molecule has 0 amide bonds. The van der Waals surface area contributed by atoms with E-state index < -0.39 is 18.0 Å². The van der Waals surface area contributed by atoms with E-state index in [4.69, 9.17) is 0 Å². The predicted molar refractivity (Wildman–Crippen MR) is 72.9 cm³/mol. The number of nitrogens with zero attached hydrogens (tertiary/aromatic N) is 2. The summed E-state index contributed by atoms with van der Waals surface area (Å²) in [5.41, 5.74) is 1.63. The average Bonchev–Trinajstić information content (AvgIpc) is 2.78. The van der Waals surface area contributed by atoms with Gasteiger partial charge in [-0.3, -0.25) is 9.48 Å². The number of carbonyl (C=O) groups is 1. The van der Waals surface area contributed by atoms with E-state index in [-0.39, 0.29) is 25.0 Å². The van der Waals surface area contributed by atoms with Gasteiger partial charge in [-0.2, -0.15) is 18.3 Å². The van der Waals surface area contributed by atoms with Gasteiger partial charge < -0.3 is 0 Å². The van der Waals surface area contributed by atoms with Gasteiger partial charge in [0.25, 0.3) is 0 Å². The van der Waals surface area contributed by atoms with Crippen LogP contribution < -0.4 is 0 Å². The van der Waals surface area contributed by atoms with Crippen LogP contribution in [0.1, 0.15) is 44.0 Å². The van der Waals surface area contributed by atoms with Gasteiger partial charge in [0.05, 0.1) is 11.6 Å². The molecule has 2 unspecified atom stereocenters. The van der Waals surface area contributed by atoms with Crippen LogP contribution in [0.4, 0.5) is 13.2 Å². The van der Waals surface area contributed by atoms with Crippen molar-refractivity contribution in [1.82, 2.24) is 9.78 Å². The number of carbonyl (C=O) groups excluding carboxylic acids is 1. The highest BCUT2D eigenvalue weighted by Crippen LogP contribution is 2.40. The first-order valence-corrected chi connectivity index (χ1v) is 7.44. The highest BCUT2D eigenvalue weighted by molar-refractivity contribution is 5.83. The summed E-state index contributed by atoms with van der Waals surface area (Å²) in [7, 11) is 0. The van der Waals surface area contributed by atoms with Crippen molar-refractivity contribution in [2.24, 2.45) is 11.8 Å². The van der Waals surface area contributed by atoms with Crippen LogP contribution in [0.2, 0.25) is 0 Å². The van der Waals surface area contributed by atoms with Gasteiger partial charge in [-0.15, -0.1) is 0 Å². The first-order valence-electron chi connectivity index (χ1n) is 7.44. The zero-order chi connectivity index (χ0) is 15.6. The summed E-state index contributed by atoms with van der Waals surface area (Å²) in [6, 6.07) is 1.84. The van der Waals surface area contributed by atoms with Gasteiger partial charge in [0.1, 0.15) is 5.78 Å². The Hall–Kier alpha value is -1.33. The van der Waals surface area contributed by atoms with Crippen molar-refractivity contribution in [3.8, 4) is 0 Å². The molecular formula is C15H21F3N2O. The Balaban J connectivity index is 2.03. The molecule has 0 aromatic carbocycles. The molecule has 6 heteroatoms. The quantitative estimate of drug-likeness (QED) is 0.850. The molecular weight excluding hydrogens is 281 g/mol. The fourth-order valence-corrected chi connectivity index (χ4v) is 3.12. The van der Waals surface area contributed by atoms with Crippen molar-refractivity contribution < 1.29 is 18.0 Å². The van der Waals surface area contributed by atoms with Crippen LogP contribution in [0, 0.1) is 18.8 Å². The van der Waals surface area contributed by atoms with Crippen LogP contribution >= 0.6 is 0 Å². The van der Waals surface area contributed by atoms with E-state index in [1.807, 2.05) is 19.9 Å². The SMILES string of the molecule is CCn1nc(C)cc1CC(=O)C1CCCC(C(F)(F)F)C1. The van der Waals surface area contributed by atoms with Crippen LogP contribution in [0.25, 0.3) is 0 Å². The Morgan fingerprint density at radius 3 is 2.76 bits per heavy atom. The molecule has 0 spiro atoms. The zero-order valence-corrected chi connectivity index (χ0v) is 12.4. The topological polar surface area (TPSA) is 34.9 Å². The molecule has 1 aromatic rings. The van der Waals surface area contributed by atoms with Crippen LogP contribution in [-0.4, -0.2) is 21.7 Å². The van der Waals surface area contributed by atoms with E-state index in [9.17, 15) is 18.0 Å². The first-order chi connectivity index (χ1) is 9.81. The van der Waals surface area contributed by atoms with E-state index >= 15 is 0 Å². The number of halogens is 3. The van der Waals surface area contributed by atoms with Crippen LogP contribution in [0.3, 0.4) is 0 Å². The third-order valence-corrected chi connectivity index (χ3v) is 4.23. The second-order valence-corrected chi connectivity index (χ2v) is 5.84. The van der Waals surface area contributed by atoms with Crippen molar-refractivity contribution >= 4 is 5.78 Å². The molecule has 2 atom stereocenters. The number of aromatic nitrogens is 2. The van der Waals surface area contributed by atoms with Crippen molar-refractivity contribution in [3.05, 3.63) is 17.5 Å². The second-order valence-electron chi connectivity index (χ2n) is 5.84. The first kappa shape index (κ1) is 16.0. The van der Waals surface area contributed by atoms with Crippen molar-refractivity contribution in [3.63, 3.8) is 0 Å². The number of hydrogen-bond acceptors (Lipinski definition) is 2. The lowest BCUT2D eigenvalue weighted by molar-refractivity contribution is -0.186. The summed E-state index contributed by atoms with van der Waals surface area (Å²) in [5, 5.41) is 4.27. The molecule has 2 rings (SSSR count). The molecule has 21 heavy (non-hydrogen) atoms. The minimum Gasteiger partial charge on any atom is -0.299 e. The molecule has 1 aliphatic rings. The standard InChI is InChI=1S/C15H21F3N2O/c1-3-20-13(7-10(2)19-20)9-14(21)11-5-4-6-12(8-11)15(16,17)18/h7,11-12H,3-6,8-9H2,1-2H3. The molecule has 1 aromatic heterocycles. The Morgan fingerprint density at radius 2 is 2.14 bits per heavy atom. The second kappa shape index (κ2) is 6.20. The van der Waals surface area contributed by atoms with Gasteiger partial charge in [0.15, 0.2) is 0 Å². The molecule has 0 N–H and O–H groups in total. The molecule has 0 bridgehead atoms. The van der Waals surface area contributed by atoms with Crippen molar-refractivity contribution in [2.45, 2.75) is 58.7 Å². The maximum Gasteiger partial charge on any atom is 0.391 e. The Bertz CT molecular complexity index is 508. The van der Waals surface area contributed by atoms with Gasteiger partial charge in [0, 0.05) is 24.6 Å². The van der Waals surface area contributed by atoms with Crippen LogP contribution in [0.5, 0.6) is 0 Å². The number of hydrogen-bond donors (Lipinski definition) is 0. The molecule has 1 saturated carbocycles. The predicted octanol–water partition coefficient (Wildman–Crippen LogP) is 3.69. The monoisotopic (exact) mass is 302 g/mol. The Labute approximate surface area is 122 Å². The summed E-state index contributed by atoms with van der Waals surface area (Å²) in [5.74, 6) is -1.87. The van der Waals surface area contributed by atoms with Gasteiger partial charge in [-0.05, 0) is 39.2 Å². The maximum absolute atomic E-state index is 12.8. The van der Waals surface area contributed by atoms with Crippen molar-refractivity contribution in [2.75, 3.05) is 0 Å². The summed E-state index contributed by atoms with van der Waals surface area (Å²) >= 11 is 0. The van der Waals surface area contributed by atoms with E-state index in [2.05, 4.69) is 5.10 Å². The third-order valence-electron chi connectivity index (χ3n) is 4.23. The summed E-state index contributed by atoms with van der Waals surface area (Å²) in [4.78, 5) is 12.3. The summed E-state index contributed by atoms with van der Waals surface area (Å²) in [6.45, 7) is 4.44. The van der Waals surface area contributed by atoms with E-state index in [1.54, 1.807) is 4.68 Å². The number of Topliss-reactive ketones (excluding diaryl/α,β-unsaturated/α-hetero) is 1. The molecule has 1 heterocycles. The summed E-state index contributed by atoms with van der Waals surface area (Å²) in [6.07, 6.45) is -2.84. The largest absolute Gasteiger partial charge is 0.391 e. The lowest BCUT2D eigenvalue weighted by Crippen LogP contribution is -2.32. The summed E-state index contributed by atoms with van der Waals surface area (Å²) < 4.78 is 40.2. The maximum atomic E-state index is 12.8. The molecule has 0 radical (unpaired) electrons. The van der Waals surface area contributed by atoms with E-state index in [0.29, 0.717) is 19.4 Å². The lowest BCUT2D eigenvalue weighted by Gasteiger charge is -2.29. The molecule has 1 fully saturated rings. The minimum atomic E-state index is -4.18. The van der Waals surface area contributed by atoms with Crippen molar-refractivity contribution in [1.29, 1.82) is 0 Å². The molecule has 3 nitrogen and oxygen atoms in total. The zero-order valence-electron chi connectivity index (χ0n) is 12.4. The third kappa shape index (κ3) is 3.86. The van der Waals surface area contributed by atoms with Gasteiger partial charge in [-0.25, -0.2) is 0 Å². The highest BCUT2D eigenvalue weighted by atomic mass is 19.4. The number of ketones is 1. The highest BCUT2D eigenvalue weighted by Gasteiger charge is 2.43. The number of rotatable bonds is 4. The smallest absolute Gasteiger partial charge is 0.299 e. The fraction of sp³-hybridized carbons (Fsp3) is 0.733.